The van der Waals surface area contributed by atoms with E-state index in [9.17, 15) is 18.0 Å². The van der Waals surface area contributed by atoms with E-state index in [0.717, 1.165) is 11.1 Å². The van der Waals surface area contributed by atoms with Crippen molar-refractivity contribution < 1.29 is 36.9 Å². The molecule has 0 spiro atoms. The third kappa shape index (κ3) is 7.33. The highest BCUT2D eigenvalue weighted by Gasteiger charge is 2.38. The number of methoxy groups -OCH3 is 2. The lowest BCUT2D eigenvalue weighted by atomic mass is 9.89. The van der Waals surface area contributed by atoms with Crippen molar-refractivity contribution in [1.82, 2.24) is 14.8 Å². The fraction of sp³-hybridized carbons (Fsp3) is 0.214. The Kier molecular flexibility index (Phi) is 9.73. The van der Waals surface area contributed by atoms with Crippen molar-refractivity contribution in [3.8, 4) is 17.2 Å². The van der Waals surface area contributed by atoms with Crippen molar-refractivity contribution in [2.75, 3.05) is 14.2 Å². The normalized spacial score (nSPS) is 11.7. The molecule has 222 valence electrons. The first-order chi connectivity index (χ1) is 19.8. The number of nitrogens with zero attached hydrogens (tertiary/aromatic N) is 2. The van der Waals surface area contributed by atoms with Crippen molar-refractivity contribution >= 4 is 11.8 Å². The molecule has 0 aliphatic rings. The molecule has 1 aromatic heterocycles. The van der Waals surface area contributed by atoms with Gasteiger partial charge in [-0.05, 0) is 42.7 Å². The standard InChI is InChI=1S/C26H26FN5O3.C2HF3O2/c1-15-12-18(23(27)22(13-15)35-3)19(14-16-8-10-17(11-9-16)24(28)29)25-30-26(33)32(31-25)20-6-4-5-7-21(20)34-2;3-2(4,5)1(6)7/h4-13,19H,14H2,1-3H3,(H3,28,29)(H,30,31,33);(H,6,7). The van der Waals surface area contributed by atoms with Crippen LogP contribution in [-0.2, 0) is 11.2 Å². The number of nitrogen functional groups attached to an aromatic ring is 1. The number of para-hydroxylation sites is 2. The van der Waals surface area contributed by atoms with Gasteiger partial charge in [-0.1, -0.05) is 42.5 Å². The zero-order chi connectivity index (χ0) is 31.2. The largest absolute Gasteiger partial charge is 0.494 e. The van der Waals surface area contributed by atoms with Crippen LogP contribution in [0, 0.1) is 18.2 Å². The van der Waals surface area contributed by atoms with Gasteiger partial charge in [-0.25, -0.2) is 14.0 Å². The van der Waals surface area contributed by atoms with Crippen LogP contribution in [-0.4, -0.2) is 52.1 Å². The second-order valence-corrected chi connectivity index (χ2v) is 8.94. The van der Waals surface area contributed by atoms with Crippen molar-refractivity contribution in [2.24, 2.45) is 5.73 Å². The van der Waals surface area contributed by atoms with Crippen LogP contribution in [0.3, 0.4) is 0 Å². The zero-order valence-electron chi connectivity index (χ0n) is 22.6. The SMILES string of the molecule is COc1ccccc1-n1nc(C(Cc2ccc(C(=N)N)cc2)c2cc(C)cc(OC)c2F)[nH]c1=O.O=C(O)C(F)(F)F. The van der Waals surface area contributed by atoms with Gasteiger partial charge < -0.3 is 20.3 Å². The average molecular weight is 590 g/mol. The van der Waals surface area contributed by atoms with Gasteiger partial charge in [0.15, 0.2) is 11.6 Å². The van der Waals surface area contributed by atoms with E-state index in [4.69, 9.17) is 30.5 Å². The third-order valence-electron chi connectivity index (χ3n) is 6.03. The van der Waals surface area contributed by atoms with Gasteiger partial charge in [0.1, 0.15) is 23.1 Å². The van der Waals surface area contributed by atoms with Crippen molar-refractivity contribution in [3.05, 3.63) is 105 Å². The molecule has 0 bridgehead atoms. The van der Waals surface area contributed by atoms with Gasteiger partial charge >= 0.3 is 17.8 Å². The van der Waals surface area contributed by atoms with Gasteiger partial charge in [0.05, 0.1) is 20.1 Å². The average Bonchev–Trinajstić information content (AvgIpc) is 3.33. The first-order valence-corrected chi connectivity index (χ1v) is 12.2. The molecule has 0 saturated carbocycles. The van der Waals surface area contributed by atoms with E-state index >= 15 is 4.39 Å². The minimum Gasteiger partial charge on any atom is -0.494 e. The van der Waals surface area contributed by atoms with E-state index in [-0.39, 0.29) is 11.6 Å². The number of ether oxygens (including phenoxy) is 2. The maximum Gasteiger partial charge on any atom is 0.490 e. The fourth-order valence-corrected chi connectivity index (χ4v) is 4.04. The van der Waals surface area contributed by atoms with E-state index in [2.05, 4.69) is 10.1 Å². The number of carbonyl (C=O) groups is 1. The molecular formula is C28H27F4N5O5. The number of aromatic amines is 1. The highest BCUT2D eigenvalue weighted by molar-refractivity contribution is 5.94. The van der Waals surface area contributed by atoms with Gasteiger partial charge in [-0.2, -0.15) is 17.9 Å². The molecule has 0 saturated heterocycles. The molecule has 0 radical (unpaired) electrons. The molecule has 4 rings (SSSR count). The number of carboxylic acid groups (broad SMARTS) is 1. The molecule has 0 fully saturated rings. The molecule has 14 heteroatoms. The second-order valence-electron chi connectivity index (χ2n) is 8.94. The van der Waals surface area contributed by atoms with E-state index in [1.165, 1.54) is 18.9 Å². The lowest BCUT2D eigenvalue weighted by Gasteiger charge is -2.18. The number of benzene rings is 3. The summed E-state index contributed by atoms with van der Waals surface area (Å²) in [4.78, 5) is 24.6. The summed E-state index contributed by atoms with van der Waals surface area (Å²) in [5.41, 5.74) is 8.16. The number of H-pyrrole nitrogens is 1. The van der Waals surface area contributed by atoms with E-state index in [0.29, 0.717) is 34.8 Å². The molecule has 3 aromatic carbocycles. The summed E-state index contributed by atoms with van der Waals surface area (Å²) in [5.74, 6) is -3.05. The van der Waals surface area contributed by atoms with Crippen LogP contribution in [0.4, 0.5) is 17.6 Å². The number of rotatable bonds is 8. The molecule has 0 amide bonds. The first kappa shape index (κ1) is 31.4. The van der Waals surface area contributed by atoms with Crippen molar-refractivity contribution in [3.63, 3.8) is 0 Å². The van der Waals surface area contributed by atoms with Gasteiger partial charge in [-0.3, -0.25) is 10.4 Å². The summed E-state index contributed by atoms with van der Waals surface area (Å²) >= 11 is 0. The minimum atomic E-state index is -5.08. The molecule has 0 aliphatic carbocycles. The Hall–Kier alpha value is -5.14. The smallest absolute Gasteiger partial charge is 0.490 e. The third-order valence-corrected chi connectivity index (χ3v) is 6.03. The summed E-state index contributed by atoms with van der Waals surface area (Å²) in [6, 6.07) is 17.5. The number of aryl methyl sites for hydroxylation is 1. The zero-order valence-corrected chi connectivity index (χ0v) is 22.6. The Bertz CT molecular complexity index is 1630. The predicted molar refractivity (Wildman–Crippen MR) is 145 cm³/mol. The van der Waals surface area contributed by atoms with E-state index in [1.807, 2.05) is 19.1 Å². The van der Waals surface area contributed by atoms with Gasteiger partial charge in [0.2, 0.25) is 0 Å². The van der Waals surface area contributed by atoms with Crippen LogP contribution >= 0.6 is 0 Å². The number of amidine groups is 1. The molecule has 10 nitrogen and oxygen atoms in total. The van der Waals surface area contributed by atoms with E-state index < -0.39 is 29.6 Å². The maximum atomic E-state index is 15.5. The Labute approximate surface area is 236 Å². The summed E-state index contributed by atoms with van der Waals surface area (Å²) in [6.07, 6.45) is -4.75. The Morgan fingerprint density at radius 1 is 1.10 bits per heavy atom. The molecule has 42 heavy (non-hydrogen) atoms. The predicted octanol–water partition coefficient (Wildman–Crippen LogP) is 4.32. The molecule has 1 unspecified atom stereocenters. The highest BCUT2D eigenvalue weighted by atomic mass is 19.4. The van der Waals surface area contributed by atoms with Crippen molar-refractivity contribution in [2.45, 2.75) is 25.4 Å². The number of aromatic nitrogens is 3. The summed E-state index contributed by atoms with van der Waals surface area (Å²) < 4.78 is 59.1. The van der Waals surface area contributed by atoms with Crippen LogP contribution < -0.4 is 20.9 Å². The summed E-state index contributed by atoms with van der Waals surface area (Å²) in [7, 11) is 2.93. The minimum absolute atomic E-state index is 0.0394. The lowest BCUT2D eigenvalue weighted by Crippen LogP contribution is -2.21. The topological polar surface area (TPSA) is 156 Å². The maximum absolute atomic E-state index is 15.5. The molecule has 0 aliphatic heterocycles. The summed E-state index contributed by atoms with van der Waals surface area (Å²) in [5, 5.41) is 19.3. The van der Waals surface area contributed by atoms with Gasteiger partial charge in [-0.15, -0.1) is 5.10 Å². The molecule has 1 heterocycles. The molecular weight excluding hydrogens is 562 g/mol. The van der Waals surface area contributed by atoms with E-state index in [1.54, 1.807) is 48.5 Å². The Balaban J connectivity index is 0.000000616. The number of hydrogen-bond donors (Lipinski definition) is 4. The number of halogens is 4. The number of aliphatic carboxylic acids is 1. The highest BCUT2D eigenvalue weighted by Crippen LogP contribution is 2.34. The van der Waals surface area contributed by atoms with Crippen LogP contribution in [0.2, 0.25) is 0 Å². The number of alkyl halides is 3. The van der Waals surface area contributed by atoms with Crippen LogP contribution in [0.5, 0.6) is 11.5 Å². The fourth-order valence-electron chi connectivity index (χ4n) is 4.04. The van der Waals surface area contributed by atoms with Gasteiger partial charge in [0, 0.05) is 11.1 Å². The summed E-state index contributed by atoms with van der Waals surface area (Å²) in [6.45, 7) is 1.85. The Morgan fingerprint density at radius 2 is 1.69 bits per heavy atom. The lowest BCUT2D eigenvalue weighted by molar-refractivity contribution is -0.192. The number of nitrogens with one attached hydrogen (secondary N) is 2. The van der Waals surface area contributed by atoms with Crippen LogP contribution in [0.15, 0.2) is 65.5 Å². The van der Waals surface area contributed by atoms with Crippen molar-refractivity contribution in [1.29, 1.82) is 5.41 Å². The van der Waals surface area contributed by atoms with Crippen LogP contribution in [0.1, 0.15) is 34.0 Å². The number of nitrogens with two attached hydrogens (primary N) is 1. The molecule has 4 aromatic rings. The first-order valence-electron chi connectivity index (χ1n) is 12.2. The van der Waals surface area contributed by atoms with Gasteiger partial charge in [0.25, 0.3) is 0 Å². The number of hydrogen-bond acceptors (Lipinski definition) is 6. The number of carboxylic acids is 1. The Morgan fingerprint density at radius 3 is 2.24 bits per heavy atom. The monoisotopic (exact) mass is 589 g/mol. The van der Waals surface area contributed by atoms with Crippen LogP contribution in [0.25, 0.3) is 5.69 Å². The quantitative estimate of drug-likeness (QED) is 0.136. The molecule has 1 atom stereocenters. The second kappa shape index (κ2) is 13.0. The molecule has 5 N–H and O–H groups in total.